The Hall–Kier alpha value is -4.07. The number of sulfonamides is 2. The Bertz CT molecular complexity index is 1680. The molecule has 1 aliphatic rings. The molecule has 0 radical (unpaired) electrons. The number of hydrogen-bond acceptors (Lipinski definition) is 7. The minimum Gasteiger partial charge on any atom is -0.332 e. The molecule has 2 heterocycles. The molecule has 5 rings (SSSR count). The van der Waals surface area contributed by atoms with Crippen molar-refractivity contribution in [3.8, 4) is 0 Å². The number of anilines is 4. The maximum atomic E-state index is 13.2. The molecule has 0 fully saturated rings. The Morgan fingerprint density at radius 1 is 0.763 bits per heavy atom. The van der Waals surface area contributed by atoms with E-state index in [1.54, 1.807) is 30.3 Å². The fraction of sp³-hybridized carbons (Fsp3) is 0.0800. The first kappa shape index (κ1) is 25.6. The fourth-order valence-corrected chi connectivity index (χ4v) is 6.63. The molecule has 1 aliphatic heterocycles. The summed E-state index contributed by atoms with van der Waals surface area (Å²) in [7, 11) is -7.54. The van der Waals surface area contributed by atoms with Gasteiger partial charge < -0.3 is 10.6 Å². The molecule has 0 saturated heterocycles. The zero-order chi connectivity index (χ0) is 26.8. The summed E-state index contributed by atoms with van der Waals surface area (Å²) in [6.07, 6.45) is 3.55. The lowest BCUT2D eigenvalue weighted by Gasteiger charge is -2.20. The molecule has 0 saturated carbocycles. The van der Waals surface area contributed by atoms with E-state index in [9.17, 15) is 16.8 Å². The largest absolute Gasteiger partial charge is 0.332 e. The van der Waals surface area contributed by atoms with Gasteiger partial charge in [0.2, 0.25) is 5.95 Å². The number of rotatable bonds is 7. The summed E-state index contributed by atoms with van der Waals surface area (Å²) in [5.41, 5.74) is 2.87. The predicted octanol–water partition coefficient (Wildman–Crippen LogP) is 3.84. The van der Waals surface area contributed by atoms with E-state index in [2.05, 4.69) is 25.3 Å². The Morgan fingerprint density at radius 3 is 1.97 bits per heavy atom. The zero-order valence-electron chi connectivity index (χ0n) is 19.8. The Balaban J connectivity index is 1.21. The van der Waals surface area contributed by atoms with E-state index in [0.29, 0.717) is 30.0 Å². The molecule has 0 aliphatic carbocycles. The van der Waals surface area contributed by atoms with Gasteiger partial charge in [-0.05, 0) is 84.9 Å². The van der Waals surface area contributed by atoms with Gasteiger partial charge in [-0.15, -0.1) is 0 Å². The van der Waals surface area contributed by atoms with E-state index >= 15 is 0 Å². The fourth-order valence-electron chi connectivity index (χ4n) is 3.94. The van der Waals surface area contributed by atoms with E-state index in [0.717, 1.165) is 5.56 Å². The van der Waals surface area contributed by atoms with Crippen molar-refractivity contribution in [2.45, 2.75) is 16.2 Å². The van der Waals surface area contributed by atoms with Gasteiger partial charge in [-0.2, -0.15) is 0 Å². The highest BCUT2D eigenvalue weighted by molar-refractivity contribution is 7.93. The van der Waals surface area contributed by atoms with Crippen LogP contribution in [0.15, 0.2) is 101 Å². The molecule has 10 nitrogen and oxygen atoms in total. The number of fused-ring (bicyclic) bond motifs is 1. The van der Waals surface area contributed by atoms with Crippen LogP contribution in [0.5, 0.6) is 0 Å². The van der Waals surface area contributed by atoms with Crippen molar-refractivity contribution in [1.29, 1.82) is 0 Å². The number of aromatic nitrogens is 2. The number of benzene rings is 3. The zero-order valence-corrected chi connectivity index (χ0v) is 22.2. The summed E-state index contributed by atoms with van der Waals surface area (Å²) in [6, 6.07) is 21.4. The molecular formula is C25H22N6O4S3. The molecule has 0 unspecified atom stereocenters. The molecule has 0 amide bonds. The van der Waals surface area contributed by atoms with Crippen molar-refractivity contribution < 1.29 is 16.8 Å². The highest BCUT2D eigenvalue weighted by atomic mass is 32.2. The lowest BCUT2D eigenvalue weighted by atomic mass is 10.2. The first-order valence-electron chi connectivity index (χ1n) is 11.4. The lowest BCUT2D eigenvalue weighted by molar-refractivity contribution is 0.592. The Morgan fingerprint density at radius 2 is 1.34 bits per heavy atom. The van der Waals surface area contributed by atoms with Crippen LogP contribution in [0.25, 0.3) is 0 Å². The van der Waals surface area contributed by atoms with E-state index in [4.69, 9.17) is 12.2 Å². The van der Waals surface area contributed by atoms with Crippen molar-refractivity contribution in [2.75, 3.05) is 26.2 Å². The summed E-state index contributed by atoms with van der Waals surface area (Å²) in [4.78, 5) is 7.94. The van der Waals surface area contributed by atoms with Crippen LogP contribution in [0.1, 0.15) is 5.56 Å². The lowest BCUT2D eigenvalue weighted by Crippen LogP contribution is -2.29. The average Bonchev–Trinajstić information content (AvgIpc) is 3.35. The van der Waals surface area contributed by atoms with Crippen LogP contribution in [0.2, 0.25) is 0 Å². The van der Waals surface area contributed by atoms with Gasteiger partial charge in [0.05, 0.1) is 15.5 Å². The van der Waals surface area contributed by atoms with E-state index in [1.165, 1.54) is 41.0 Å². The first-order chi connectivity index (χ1) is 18.2. The van der Waals surface area contributed by atoms with Gasteiger partial charge in [-0.1, -0.05) is 18.2 Å². The SMILES string of the molecule is O=S(=O)(Nc1ncccn1)c1ccc(NC(=S)Nc2ccc(S(=O)(=O)N3CCc4ccccc43)cc2)cc1. The summed E-state index contributed by atoms with van der Waals surface area (Å²) in [5, 5.41) is 6.22. The third-order valence-corrected chi connectivity index (χ3v) is 9.13. The second-order valence-electron chi connectivity index (χ2n) is 8.26. The standard InChI is InChI=1S/C25H22N6O4S3/c32-37(33,30-24-26-15-3-16-27-24)21-10-6-19(7-11-21)28-25(36)29-20-8-12-22(13-9-20)38(34,35)31-17-14-18-4-1-2-5-23(18)31/h1-13,15-16H,14,17H2,(H,26,27,30)(H2,28,29,36). The highest BCUT2D eigenvalue weighted by Crippen LogP contribution is 2.32. The van der Waals surface area contributed by atoms with E-state index in [1.807, 2.05) is 24.3 Å². The number of para-hydroxylation sites is 1. The Labute approximate surface area is 225 Å². The second kappa shape index (κ2) is 10.4. The molecule has 3 aromatic carbocycles. The van der Waals surface area contributed by atoms with Crippen molar-refractivity contribution in [3.63, 3.8) is 0 Å². The minimum atomic E-state index is -3.85. The average molecular weight is 567 g/mol. The molecule has 194 valence electrons. The van der Waals surface area contributed by atoms with Gasteiger partial charge in [0.1, 0.15) is 0 Å². The second-order valence-corrected chi connectivity index (χ2v) is 12.2. The molecule has 0 spiro atoms. The van der Waals surface area contributed by atoms with Gasteiger partial charge in [-0.3, -0.25) is 4.31 Å². The topological polar surface area (TPSA) is 133 Å². The first-order valence-corrected chi connectivity index (χ1v) is 14.7. The third-order valence-electron chi connectivity index (χ3n) is 5.76. The summed E-state index contributed by atoms with van der Waals surface area (Å²) in [5.74, 6) is -0.0239. The van der Waals surface area contributed by atoms with Gasteiger partial charge in [-0.25, -0.2) is 31.5 Å². The summed E-state index contributed by atoms with van der Waals surface area (Å²) >= 11 is 5.35. The summed E-state index contributed by atoms with van der Waals surface area (Å²) in [6.45, 7) is 0.409. The van der Waals surface area contributed by atoms with Gasteiger partial charge in [0.25, 0.3) is 20.0 Å². The van der Waals surface area contributed by atoms with Crippen LogP contribution in [0.3, 0.4) is 0 Å². The number of thiocarbonyl (C=S) groups is 1. The third kappa shape index (κ3) is 5.44. The van der Waals surface area contributed by atoms with Gasteiger partial charge >= 0.3 is 0 Å². The molecule has 0 bridgehead atoms. The highest BCUT2D eigenvalue weighted by Gasteiger charge is 2.30. The molecule has 38 heavy (non-hydrogen) atoms. The van der Waals surface area contributed by atoms with Crippen LogP contribution >= 0.6 is 12.2 Å². The van der Waals surface area contributed by atoms with Crippen LogP contribution in [0.4, 0.5) is 23.0 Å². The molecular weight excluding hydrogens is 545 g/mol. The van der Waals surface area contributed by atoms with Crippen molar-refractivity contribution in [2.24, 2.45) is 0 Å². The molecule has 13 heteroatoms. The summed E-state index contributed by atoms with van der Waals surface area (Å²) < 4.78 is 55.2. The number of nitrogens with one attached hydrogen (secondary N) is 3. The van der Waals surface area contributed by atoms with Crippen molar-refractivity contribution >= 4 is 60.4 Å². The maximum Gasteiger partial charge on any atom is 0.264 e. The maximum absolute atomic E-state index is 13.2. The molecule has 1 aromatic heterocycles. The Kier molecular flexibility index (Phi) is 6.97. The van der Waals surface area contributed by atoms with Crippen molar-refractivity contribution in [1.82, 2.24) is 9.97 Å². The monoisotopic (exact) mass is 566 g/mol. The van der Waals surface area contributed by atoms with Crippen molar-refractivity contribution in [3.05, 3.63) is 96.8 Å². The van der Waals surface area contributed by atoms with Crippen LogP contribution in [0, 0.1) is 0 Å². The van der Waals surface area contributed by atoms with Crippen LogP contribution in [-0.2, 0) is 26.5 Å². The minimum absolute atomic E-state index is 0.0239. The molecule has 4 aromatic rings. The molecule has 3 N–H and O–H groups in total. The predicted molar refractivity (Wildman–Crippen MR) is 150 cm³/mol. The molecule has 0 atom stereocenters. The normalized spacial score (nSPS) is 13.0. The van der Waals surface area contributed by atoms with E-state index in [-0.39, 0.29) is 20.9 Å². The quantitative estimate of drug-likeness (QED) is 0.285. The van der Waals surface area contributed by atoms with Gasteiger partial charge in [0.15, 0.2) is 5.11 Å². The smallest absolute Gasteiger partial charge is 0.264 e. The van der Waals surface area contributed by atoms with Gasteiger partial charge in [0, 0.05) is 30.3 Å². The van der Waals surface area contributed by atoms with E-state index < -0.39 is 20.0 Å². The van der Waals surface area contributed by atoms with Crippen LogP contribution < -0.4 is 19.7 Å². The number of nitrogens with zero attached hydrogens (tertiary/aromatic N) is 3. The van der Waals surface area contributed by atoms with Crippen LogP contribution in [-0.4, -0.2) is 38.5 Å². The number of hydrogen-bond donors (Lipinski definition) is 3.